The van der Waals surface area contributed by atoms with Gasteiger partial charge in [-0.2, -0.15) is 13.2 Å². The van der Waals surface area contributed by atoms with Gasteiger partial charge in [-0.05, 0) is 41.1 Å². The van der Waals surface area contributed by atoms with Gasteiger partial charge in [-0.1, -0.05) is 0 Å². The number of ketones is 1. The van der Waals surface area contributed by atoms with Crippen molar-refractivity contribution in [1.29, 1.82) is 0 Å². The number of anilines is 1. The first-order valence-corrected chi connectivity index (χ1v) is 7.40. The number of hydrogen-bond donors (Lipinski definition) is 0. The van der Waals surface area contributed by atoms with Gasteiger partial charge in [0.2, 0.25) is 0 Å². The first kappa shape index (κ1) is 16.3. The molecular formula is C14H16BrF3N2O. The molecule has 1 aromatic carbocycles. The van der Waals surface area contributed by atoms with Crippen LogP contribution in [0.3, 0.4) is 0 Å². The van der Waals surface area contributed by atoms with E-state index in [9.17, 15) is 18.0 Å². The zero-order valence-electron chi connectivity index (χ0n) is 11.6. The molecule has 21 heavy (non-hydrogen) atoms. The fourth-order valence-electron chi connectivity index (χ4n) is 2.40. The van der Waals surface area contributed by atoms with Crippen LogP contribution in [-0.4, -0.2) is 49.6 Å². The van der Waals surface area contributed by atoms with E-state index in [0.717, 1.165) is 5.69 Å². The second-order valence-corrected chi connectivity index (χ2v) is 5.95. The van der Waals surface area contributed by atoms with Crippen LogP contribution < -0.4 is 4.90 Å². The third-order valence-corrected chi connectivity index (χ3v) is 4.13. The number of rotatable bonds is 3. The Balaban J connectivity index is 1.99. The predicted molar refractivity (Wildman–Crippen MR) is 78.9 cm³/mol. The zero-order valence-corrected chi connectivity index (χ0v) is 13.2. The molecule has 0 bridgehead atoms. The van der Waals surface area contributed by atoms with Crippen LogP contribution in [0, 0.1) is 0 Å². The maximum absolute atomic E-state index is 12.3. The van der Waals surface area contributed by atoms with Crippen molar-refractivity contribution in [2.45, 2.75) is 13.1 Å². The second kappa shape index (κ2) is 6.36. The fraction of sp³-hybridized carbons (Fsp3) is 0.500. The number of piperazine rings is 1. The molecule has 0 aromatic heterocycles. The molecule has 116 valence electrons. The standard InChI is InChI=1S/C14H16BrF3N2O/c1-10(21)12-3-2-11(8-13(12)15)20-6-4-19(5-7-20)9-14(16,17)18/h2-3,8H,4-7,9H2,1H3. The Morgan fingerprint density at radius 1 is 1.24 bits per heavy atom. The lowest BCUT2D eigenvalue weighted by atomic mass is 10.1. The molecule has 0 amide bonds. The lowest BCUT2D eigenvalue weighted by molar-refractivity contribution is -0.146. The molecule has 1 saturated heterocycles. The van der Waals surface area contributed by atoms with Crippen molar-refractivity contribution in [1.82, 2.24) is 4.90 Å². The molecule has 0 aliphatic carbocycles. The van der Waals surface area contributed by atoms with E-state index in [4.69, 9.17) is 0 Å². The van der Waals surface area contributed by atoms with Crippen LogP contribution in [0.1, 0.15) is 17.3 Å². The molecule has 0 saturated carbocycles. The minimum atomic E-state index is -4.14. The summed E-state index contributed by atoms with van der Waals surface area (Å²) in [6.45, 7) is 2.49. The Bertz CT molecular complexity index is 525. The van der Waals surface area contributed by atoms with Crippen molar-refractivity contribution in [2.24, 2.45) is 0 Å². The fourth-order valence-corrected chi connectivity index (χ4v) is 3.05. The SMILES string of the molecule is CC(=O)c1ccc(N2CCN(CC(F)(F)F)CC2)cc1Br. The van der Waals surface area contributed by atoms with Crippen LogP contribution in [0.2, 0.25) is 0 Å². The van der Waals surface area contributed by atoms with E-state index in [2.05, 4.69) is 15.9 Å². The first-order valence-electron chi connectivity index (χ1n) is 6.61. The van der Waals surface area contributed by atoms with Gasteiger partial charge >= 0.3 is 6.18 Å². The molecule has 1 aliphatic heterocycles. The summed E-state index contributed by atoms with van der Waals surface area (Å²) in [5.74, 6) is -0.0246. The molecule has 2 rings (SSSR count). The molecule has 0 spiro atoms. The van der Waals surface area contributed by atoms with Gasteiger partial charge in [-0.15, -0.1) is 0 Å². The van der Waals surface area contributed by atoms with Crippen molar-refractivity contribution in [2.75, 3.05) is 37.6 Å². The van der Waals surface area contributed by atoms with E-state index < -0.39 is 12.7 Å². The highest BCUT2D eigenvalue weighted by atomic mass is 79.9. The van der Waals surface area contributed by atoms with Crippen molar-refractivity contribution in [3.63, 3.8) is 0 Å². The topological polar surface area (TPSA) is 23.6 Å². The van der Waals surface area contributed by atoms with Gasteiger partial charge in [0, 0.05) is 41.9 Å². The third-order valence-electron chi connectivity index (χ3n) is 3.47. The van der Waals surface area contributed by atoms with Gasteiger partial charge in [0.15, 0.2) is 5.78 Å². The van der Waals surface area contributed by atoms with Gasteiger partial charge < -0.3 is 4.90 Å². The van der Waals surface area contributed by atoms with Crippen LogP contribution in [0.25, 0.3) is 0 Å². The van der Waals surface area contributed by atoms with Gasteiger partial charge in [-0.3, -0.25) is 9.69 Å². The van der Waals surface area contributed by atoms with Crippen molar-refractivity contribution in [3.05, 3.63) is 28.2 Å². The van der Waals surface area contributed by atoms with Crippen LogP contribution >= 0.6 is 15.9 Å². The first-order chi connectivity index (χ1) is 9.76. The molecule has 7 heteroatoms. The number of alkyl halides is 3. The molecule has 1 aromatic rings. The summed E-state index contributed by atoms with van der Waals surface area (Å²) in [7, 11) is 0. The maximum Gasteiger partial charge on any atom is 0.401 e. The summed E-state index contributed by atoms with van der Waals surface area (Å²) >= 11 is 3.36. The van der Waals surface area contributed by atoms with E-state index in [1.165, 1.54) is 11.8 Å². The Hall–Kier alpha value is -1.08. The molecule has 0 unspecified atom stereocenters. The molecule has 0 N–H and O–H groups in total. The van der Waals surface area contributed by atoms with Gasteiger partial charge in [-0.25, -0.2) is 0 Å². The number of nitrogens with zero attached hydrogens (tertiary/aromatic N) is 2. The average Bonchev–Trinajstić information content (AvgIpc) is 2.37. The average molecular weight is 365 g/mol. The highest BCUT2D eigenvalue weighted by molar-refractivity contribution is 9.10. The second-order valence-electron chi connectivity index (χ2n) is 5.10. The molecular weight excluding hydrogens is 349 g/mol. The Morgan fingerprint density at radius 2 is 1.86 bits per heavy atom. The number of hydrogen-bond acceptors (Lipinski definition) is 3. The van der Waals surface area contributed by atoms with E-state index in [1.807, 2.05) is 17.0 Å². The highest BCUT2D eigenvalue weighted by Gasteiger charge is 2.32. The molecule has 1 fully saturated rings. The number of carbonyl (C=O) groups excluding carboxylic acids is 1. The van der Waals surface area contributed by atoms with E-state index in [1.54, 1.807) is 6.07 Å². The third kappa shape index (κ3) is 4.44. The zero-order chi connectivity index (χ0) is 15.6. The Kier molecular flexibility index (Phi) is 4.93. The number of carbonyl (C=O) groups is 1. The Morgan fingerprint density at radius 3 is 2.33 bits per heavy atom. The lowest BCUT2D eigenvalue weighted by Crippen LogP contribution is -2.49. The van der Waals surface area contributed by atoms with Crippen molar-refractivity contribution < 1.29 is 18.0 Å². The van der Waals surface area contributed by atoms with E-state index >= 15 is 0 Å². The summed E-state index contributed by atoms with van der Waals surface area (Å²) in [5, 5.41) is 0. The summed E-state index contributed by atoms with van der Waals surface area (Å²) < 4.78 is 37.7. The minimum absolute atomic E-state index is 0.0246. The number of benzene rings is 1. The van der Waals surface area contributed by atoms with Gasteiger partial charge in [0.25, 0.3) is 0 Å². The normalized spacial score (nSPS) is 17.1. The largest absolute Gasteiger partial charge is 0.401 e. The summed E-state index contributed by atoms with van der Waals surface area (Å²) in [6.07, 6.45) is -4.14. The molecule has 0 atom stereocenters. The predicted octanol–water partition coefficient (Wildman–Crippen LogP) is 3.34. The summed E-state index contributed by atoms with van der Waals surface area (Å²) in [4.78, 5) is 14.8. The minimum Gasteiger partial charge on any atom is -0.369 e. The van der Waals surface area contributed by atoms with Gasteiger partial charge in [0.05, 0.1) is 6.54 Å². The molecule has 3 nitrogen and oxygen atoms in total. The number of halogens is 4. The summed E-state index contributed by atoms with van der Waals surface area (Å²) in [5.41, 5.74) is 1.52. The van der Waals surface area contributed by atoms with E-state index in [-0.39, 0.29) is 5.78 Å². The lowest BCUT2D eigenvalue weighted by Gasteiger charge is -2.36. The van der Waals surface area contributed by atoms with Gasteiger partial charge in [0.1, 0.15) is 0 Å². The summed E-state index contributed by atoms with van der Waals surface area (Å²) in [6, 6.07) is 5.42. The molecule has 1 aliphatic rings. The molecule has 0 radical (unpaired) electrons. The maximum atomic E-state index is 12.3. The Labute approximate surface area is 129 Å². The van der Waals surface area contributed by atoms with Crippen molar-refractivity contribution >= 4 is 27.4 Å². The van der Waals surface area contributed by atoms with Crippen molar-refractivity contribution in [3.8, 4) is 0 Å². The van der Waals surface area contributed by atoms with Crippen LogP contribution in [0.15, 0.2) is 22.7 Å². The quantitative estimate of drug-likeness (QED) is 0.768. The van der Waals surface area contributed by atoms with Crippen LogP contribution in [0.5, 0.6) is 0 Å². The highest BCUT2D eigenvalue weighted by Crippen LogP contribution is 2.26. The van der Waals surface area contributed by atoms with Crippen LogP contribution in [0.4, 0.5) is 18.9 Å². The monoisotopic (exact) mass is 364 g/mol. The smallest absolute Gasteiger partial charge is 0.369 e. The molecule has 1 heterocycles. The van der Waals surface area contributed by atoms with E-state index in [0.29, 0.717) is 36.2 Å². The van der Waals surface area contributed by atoms with Crippen LogP contribution in [-0.2, 0) is 0 Å². The number of Topliss-reactive ketones (excluding diaryl/α,β-unsaturated/α-hetero) is 1.